The number of rotatable bonds is 5. The molecule has 2 atom stereocenters. The van der Waals surface area contributed by atoms with Gasteiger partial charge in [0.05, 0.1) is 0 Å². The second-order valence-electron chi connectivity index (χ2n) is 8.16. The summed E-state index contributed by atoms with van der Waals surface area (Å²) in [4.78, 5) is 36.9. The van der Waals surface area contributed by atoms with Gasteiger partial charge in [0.1, 0.15) is 0 Å². The van der Waals surface area contributed by atoms with Crippen molar-refractivity contribution in [3.8, 4) is 0 Å². The highest BCUT2D eigenvalue weighted by Crippen LogP contribution is 2.35. The Balaban J connectivity index is 1.41. The molecule has 2 aliphatic heterocycles. The zero-order valence-corrected chi connectivity index (χ0v) is 17.9. The quantitative estimate of drug-likeness (QED) is 0.737. The minimum Gasteiger partial charge on any atom is -0.465 e. The summed E-state index contributed by atoms with van der Waals surface area (Å²) in [6, 6.07) is 9.40. The lowest BCUT2D eigenvalue weighted by Crippen LogP contribution is -2.42. The molecule has 1 aromatic heterocycles. The van der Waals surface area contributed by atoms with Crippen molar-refractivity contribution >= 4 is 29.5 Å². The third kappa shape index (κ3) is 5.07. The summed E-state index contributed by atoms with van der Waals surface area (Å²) >= 11 is 6.03. The largest absolute Gasteiger partial charge is 0.465 e. The second kappa shape index (κ2) is 9.51. The molecule has 164 valence electrons. The number of benzene rings is 1. The predicted octanol–water partition coefficient (Wildman–Crippen LogP) is 2.86. The van der Waals surface area contributed by atoms with E-state index in [4.69, 9.17) is 16.7 Å². The Bertz CT molecular complexity index is 903. The minimum atomic E-state index is -1.05. The Kier molecular flexibility index (Phi) is 6.56. The molecule has 0 saturated carbocycles. The molecule has 4 rings (SSSR count). The molecule has 2 aliphatic rings. The van der Waals surface area contributed by atoms with Gasteiger partial charge in [0.25, 0.3) is 0 Å². The van der Waals surface area contributed by atoms with Crippen LogP contribution in [0, 0.1) is 11.8 Å². The lowest BCUT2D eigenvalue weighted by Gasteiger charge is -2.33. The van der Waals surface area contributed by atoms with Gasteiger partial charge in [-0.3, -0.25) is 4.79 Å². The highest BCUT2D eigenvalue weighted by molar-refractivity contribution is 6.30. The van der Waals surface area contributed by atoms with Crippen LogP contribution in [0.2, 0.25) is 5.02 Å². The van der Waals surface area contributed by atoms with Crippen molar-refractivity contribution in [2.75, 3.05) is 37.6 Å². The fraction of sp³-hybridized carbons (Fsp3) is 0.455. The molecule has 1 aromatic carbocycles. The van der Waals surface area contributed by atoms with Crippen LogP contribution in [0.3, 0.4) is 0 Å². The van der Waals surface area contributed by atoms with Crippen LogP contribution in [0.15, 0.2) is 42.7 Å². The topological polar surface area (TPSA) is 98.7 Å². The van der Waals surface area contributed by atoms with Crippen LogP contribution in [0.25, 0.3) is 0 Å². The van der Waals surface area contributed by atoms with E-state index in [1.54, 1.807) is 18.5 Å². The first-order valence-electron chi connectivity index (χ1n) is 10.5. The molecule has 2 saturated heterocycles. The van der Waals surface area contributed by atoms with Gasteiger partial charge in [0, 0.05) is 67.9 Å². The molecule has 0 radical (unpaired) electrons. The van der Waals surface area contributed by atoms with E-state index >= 15 is 0 Å². The van der Waals surface area contributed by atoms with Gasteiger partial charge < -0.3 is 20.2 Å². The van der Waals surface area contributed by atoms with Crippen molar-refractivity contribution in [2.24, 2.45) is 11.8 Å². The number of likely N-dealkylation sites (tertiary alicyclic amines) is 1. The summed E-state index contributed by atoms with van der Waals surface area (Å²) in [7, 11) is 0. The summed E-state index contributed by atoms with van der Waals surface area (Å²) in [5.74, 6) is 0.935. The molecule has 9 heteroatoms. The fourth-order valence-corrected chi connectivity index (χ4v) is 4.73. The summed E-state index contributed by atoms with van der Waals surface area (Å²) in [5, 5.41) is 12.2. The van der Waals surface area contributed by atoms with Crippen LogP contribution in [-0.2, 0) is 4.79 Å². The van der Waals surface area contributed by atoms with Crippen molar-refractivity contribution < 1.29 is 14.7 Å². The molecule has 31 heavy (non-hydrogen) atoms. The van der Waals surface area contributed by atoms with E-state index in [2.05, 4.69) is 20.2 Å². The van der Waals surface area contributed by atoms with Crippen LogP contribution < -0.4 is 10.2 Å². The van der Waals surface area contributed by atoms with Gasteiger partial charge in [-0.15, -0.1) is 0 Å². The maximum absolute atomic E-state index is 13.3. The predicted molar refractivity (Wildman–Crippen MR) is 117 cm³/mol. The first-order chi connectivity index (χ1) is 15.0. The average Bonchev–Trinajstić information content (AvgIpc) is 3.23. The molecule has 2 N–H and O–H groups in total. The van der Waals surface area contributed by atoms with E-state index in [0.717, 1.165) is 31.5 Å². The van der Waals surface area contributed by atoms with Gasteiger partial charge in [-0.1, -0.05) is 23.7 Å². The zero-order chi connectivity index (χ0) is 21.8. The lowest BCUT2D eigenvalue weighted by atomic mass is 9.89. The number of halogens is 1. The normalized spacial score (nSPS) is 21.8. The number of carbonyl (C=O) groups is 2. The van der Waals surface area contributed by atoms with Crippen molar-refractivity contribution in [3.63, 3.8) is 0 Å². The Labute approximate surface area is 186 Å². The molecule has 0 spiro atoms. The molecule has 0 aliphatic carbocycles. The van der Waals surface area contributed by atoms with Crippen LogP contribution in [0.5, 0.6) is 0 Å². The molecule has 8 nitrogen and oxygen atoms in total. The Morgan fingerprint density at radius 3 is 2.42 bits per heavy atom. The van der Waals surface area contributed by atoms with Crippen molar-refractivity contribution in [3.05, 3.63) is 53.3 Å². The maximum Gasteiger partial charge on any atom is 0.404 e. The smallest absolute Gasteiger partial charge is 0.404 e. The van der Waals surface area contributed by atoms with Crippen molar-refractivity contribution in [2.45, 2.75) is 18.8 Å². The number of hydrogen-bond donors (Lipinski definition) is 2. The molecule has 3 heterocycles. The van der Waals surface area contributed by atoms with E-state index in [-0.39, 0.29) is 23.7 Å². The summed E-state index contributed by atoms with van der Waals surface area (Å²) in [5.41, 5.74) is 1.08. The van der Waals surface area contributed by atoms with E-state index in [9.17, 15) is 9.59 Å². The molecular formula is C22H26ClN5O3. The van der Waals surface area contributed by atoms with Gasteiger partial charge in [0.15, 0.2) is 0 Å². The number of aromatic nitrogens is 2. The number of nitrogens with zero attached hydrogens (tertiary/aromatic N) is 4. The molecule has 0 bridgehead atoms. The second-order valence-corrected chi connectivity index (χ2v) is 8.59. The van der Waals surface area contributed by atoms with Crippen molar-refractivity contribution in [1.29, 1.82) is 0 Å². The van der Waals surface area contributed by atoms with Crippen LogP contribution >= 0.6 is 11.6 Å². The van der Waals surface area contributed by atoms with E-state index in [1.165, 1.54) is 0 Å². The SMILES string of the molecule is O=C(O)NC[C@H]1CN(C(=O)C2CCN(c3ncccn3)CC2)C[C@H]1c1ccc(Cl)cc1. The highest BCUT2D eigenvalue weighted by atomic mass is 35.5. The molecule has 2 fully saturated rings. The van der Waals surface area contributed by atoms with E-state index in [0.29, 0.717) is 30.6 Å². The highest BCUT2D eigenvalue weighted by Gasteiger charge is 2.39. The Morgan fingerprint density at radius 1 is 1.10 bits per heavy atom. The van der Waals surface area contributed by atoms with E-state index in [1.807, 2.05) is 29.2 Å². The molecule has 0 unspecified atom stereocenters. The standard InChI is InChI=1S/C22H26ClN5O3/c23-18-4-2-15(3-5-18)19-14-28(13-17(19)12-26-22(30)31)20(29)16-6-10-27(11-7-16)21-24-8-1-9-25-21/h1-5,8-9,16-17,19,26H,6-7,10-14H2,(H,30,31)/t17-,19-/m0/s1. The lowest BCUT2D eigenvalue weighted by molar-refractivity contribution is -0.135. The number of carbonyl (C=O) groups excluding carboxylic acids is 1. The number of nitrogens with one attached hydrogen (secondary N) is 1. The van der Waals surface area contributed by atoms with Gasteiger partial charge >= 0.3 is 6.09 Å². The van der Waals surface area contributed by atoms with Gasteiger partial charge in [0.2, 0.25) is 11.9 Å². The Hall–Kier alpha value is -2.87. The molecule has 2 aromatic rings. The monoisotopic (exact) mass is 443 g/mol. The summed E-state index contributed by atoms with van der Waals surface area (Å²) in [6.07, 6.45) is 3.93. The first kappa shape index (κ1) is 21.4. The van der Waals surface area contributed by atoms with Gasteiger partial charge in [-0.05, 0) is 36.6 Å². The van der Waals surface area contributed by atoms with Crippen LogP contribution in [0.4, 0.5) is 10.7 Å². The minimum absolute atomic E-state index is 0.0269. The summed E-state index contributed by atoms with van der Waals surface area (Å²) < 4.78 is 0. The van der Waals surface area contributed by atoms with Crippen LogP contribution in [0.1, 0.15) is 24.3 Å². The molecular weight excluding hydrogens is 418 g/mol. The number of hydrogen-bond acceptors (Lipinski definition) is 5. The van der Waals surface area contributed by atoms with E-state index < -0.39 is 6.09 Å². The number of carboxylic acid groups (broad SMARTS) is 1. The third-order valence-electron chi connectivity index (χ3n) is 6.25. The van der Waals surface area contributed by atoms with Crippen LogP contribution in [-0.4, -0.2) is 64.7 Å². The van der Waals surface area contributed by atoms with Gasteiger partial charge in [-0.2, -0.15) is 0 Å². The molecule has 2 amide bonds. The first-order valence-corrected chi connectivity index (χ1v) is 10.9. The fourth-order valence-electron chi connectivity index (χ4n) is 4.60. The maximum atomic E-state index is 13.3. The summed E-state index contributed by atoms with van der Waals surface area (Å²) in [6.45, 7) is 2.96. The average molecular weight is 444 g/mol. The van der Waals surface area contributed by atoms with Crippen molar-refractivity contribution in [1.82, 2.24) is 20.2 Å². The Morgan fingerprint density at radius 2 is 1.77 bits per heavy atom. The third-order valence-corrected chi connectivity index (χ3v) is 6.50. The zero-order valence-electron chi connectivity index (χ0n) is 17.2. The number of anilines is 1. The number of piperidine rings is 1. The number of amides is 2. The van der Waals surface area contributed by atoms with Gasteiger partial charge in [-0.25, -0.2) is 14.8 Å².